The Kier molecular flexibility index (Phi) is 6.62. The summed E-state index contributed by atoms with van der Waals surface area (Å²) >= 11 is 6.50. The van der Waals surface area contributed by atoms with Crippen LogP contribution in [0, 0.1) is 5.41 Å². The van der Waals surface area contributed by atoms with Gasteiger partial charge in [-0.05, 0) is 58.3 Å². The number of halogens is 1. The van der Waals surface area contributed by atoms with E-state index in [1.165, 1.54) is 0 Å². The molecule has 0 spiro atoms. The number of amides is 1. The van der Waals surface area contributed by atoms with Crippen LogP contribution < -0.4 is 10.5 Å². The molecule has 6 aromatic rings. The van der Waals surface area contributed by atoms with E-state index < -0.39 is 6.09 Å². The van der Waals surface area contributed by atoms with Gasteiger partial charge in [-0.3, -0.25) is 4.79 Å². The van der Waals surface area contributed by atoms with Gasteiger partial charge in [0.1, 0.15) is 5.82 Å². The van der Waals surface area contributed by atoms with Crippen LogP contribution >= 0.6 is 11.6 Å². The molecule has 9 heteroatoms. The van der Waals surface area contributed by atoms with E-state index in [4.69, 9.17) is 16.6 Å². The molecule has 1 unspecified atom stereocenters. The van der Waals surface area contributed by atoms with Gasteiger partial charge in [-0.15, -0.1) is 0 Å². The van der Waals surface area contributed by atoms with Gasteiger partial charge in [0.05, 0.1) is 27.5 Å². The standard InChI is InChI=1S/C35H32ClN5O3/c1-35(2,3)28-19-40(16-17-41(28)34(43)44)22-11-8-20(9-12-22)21-10-13-23-26(18-21)29-25(14-15-37-33(29)42)31-30(23)38-32(39-31)24-6-4-5-7-27(24)36/h4-15,18,28H,16-17,19H2,1-3H3,(H,37,42)(H,38,39)(H,43,44). The molecular formula is C35H32ClN5O3. The highest BCUT2D eigenvalue weighted by Gasteiger charge is 2.38. The zero-order chi connectivity index (χ0) is 30.7. The third-order valence-corrected chi connectivity index (χ3v) is 9.13. The molecule has 1 aliphatic rings. The van der Waals surface area contributed by atoms with Crippen LogP contribution in [-0.4, -0.2) is 56.7 Å². The minimum absolute atomic E-state index is 0.113. The molecule has 0 saturated carbocycles. The van der Waals surface area contributed by atoms with E-state index in [1.807, 2.05) is 36.4 Å². The maximum atomic E-state index is 13.2. The largest absolute Gasteiger partial charge is 0.465 e. The van der Waals surface area contributed by atoms with E-state index in [-0.39, 0.29) is 17.0 Å². The number of hydrogen-bond acceptors (Lipinski definition) is 4. The molecule has 0 radical (unpaired) electrons. The highest BCUT2D eigenvalue weighted by atomic mass is 35.5. The van der Waals surface area contributed by atoms with Crippen LogP contribution in [0.3, 0.4) is 0 Å². The Morgan fingerprint density at radius 2 is 1.70 bits per heavy atom. The van der Waals surface area contributed by atoms with Crippen molar-refractivity contribution in [2.24, 2.45) is 5.41 Å². The molecule has 8 nitrogen and oxygen atoms in total. The third kappa shape index (κ3) is 4.66. The molecule has 0 bridgehead atoms. The Labute approximate surface area is 258 Å². The van der Waals surface area contributed by atoms with Crippen LogP contribution in [0.4, 0.5) is 10.5 Å². The van der Waals surface area contributed by atoms with Crippen molar-refractivity contribution >= 4 is 56.0 Å². The SMILES string of the molecule is CC(C)(C)C1CN(c2ccc(-c3ccc4c(c3)c3c(=O)[nH]ccc3c3[nH]c(-c5ccccc5Cl)nc43)cc2)CCN1C(=O)O. The number of nitrogens with zero attached hydrogens (tertiary/aromatic N) is 3. The number of piperazine rings is 1. The van der Waals surface area contributed by atoms with Crippen molar-refractivity contribution < 1.29 is 9.90 Å². The van der Waals surface area contributed by atoms with Crippen molar-refractivity contribution in [2.45, 2.75) is 26.8 Å². The number of aromatic amines is 2. The molecule has 1 atom stereocenters. The summed E-state index contributed by atoms with van der Waals surface area (Å²) in [7, 11) is 0. The van der Waals surface area contributed by atoms with Crippen molar-refractivity contribution in [3.8, 4) is 22.5 Å². The molecule has 0 aliphatic carbocycles. The Morgan fingerprint density at radius 1 is 0.955 bits per heavy atom. The molecular weight excluding hydrogens is 574 g/mol. The van der Waals surface area contributed by atoms with Gasteiger partial charge in [-0.25, -0.2) is 9.78 Å². The fourth-order valence-corrected chi connectivity index (χ4v) is 6.71. The predicted molar refractivity (Wildman–Crippen MR) is 178 cm³/mol. The van der Waals surface area contributed by atoms with E-state index >= 15 is 0 Å². The van der Waals surface area contributed by atoms with Gasteiger partial charge >= 0.3 is 6.09 Å². The number of carbonyl (C=O) groups is 1. The van der Waals surface area contributed by atoms with Crippen LogP contribution in [-0.2, 0) is 0 Å². The molecule has 4 aromatic carbocycles. The second-order valence-corrected chi connectivity index (χ2v) is 12.9. The molecule has 2 aromatic heterocycles. The first-order valence-corrected chi connectivity index (χ1v) is 15.0. The zero-order valence-corrected chi connectivity index (χ0v) is 25.4. The highest BCUT2D eigenvalue weighted by Crippen LogP contribution is 2.37. The maximum absolute atomic E-state index is 13.2. The number of rotatable bonds is 3. The molecule has 44 heavy (non-hydrogen) atoms. The number of aromatic nitrogens is 3. The van der Waals surface area contributed by atoms with E-state index in [1.54, 1.807) is 11.1 Å². The summed E-state index contributed by atoms with van der Waals surface area (Å²) < 4.78 is 0. The van der Waals surface area contributed by atoms with Crippen LogP contribution in [0.2, 0.25) is 5.02 Å². The maximum Gasteiger partial charge on any atom is 0.407 e. The van der Waals surface area contributed by atoms with Gasteiger partial charge in [0.25, 0.3) is 5.56 Å². The molecule has 1 amide bonds. The normalized spacial score (nSPS) is 15.9. The summed E-state index contributed by atoms with van der Waals surface area (Å²) in [6.07, 6.45) is 0.796. The van der Waals surface area contributed by atoms with Gasteiger partial charge in [-0.1, -0.05) is 68.8 Å². The second-order valence-electron chi connectivity index (χ2n) is 12.5. The van der Waals surface area contributed by atoms with Crippen molar-refractivity contribution in [3.05, 3.63) is 94.4 Å². The van der Waals surface area contributed by atoms with Crippen LogP contribution in [0.25, 0.3) is 55.1 Å². The van der Waals surface area contributed by atoms with Gasteiger partial charge in [0.2, 0.25) is 0 Å². The number of anilines is 1. The molecule has 1 aliphatic heterocycles. The van der Waals surface area contributed by atoms with Crippen molar-refractivity contribution in [2.75, 3.05) is 24.5 Å². The number of carboxylic acid groups (broad SMARTS) is 1. The monoisotopic (exact) mass is 605 g/mol. The summed E-state index contributed by atoms with van der Waals surface area (Å²) in [4.78, 5) is 40.2. The van der Waals surface area contributed by atoms with Gasteiger partial charge in [-0.2, -0.15) is 0 Å². The zero-order valence-electron chi connectivity index (χ0n) is 24.7. The Bertz CT molecular complexity index is 2130. The number of imidazole rings is 1. The molecule has 7 rings (SSSR count). The van der Waals surface area contributed by atoms with E-state index in [0.717, 1.165) is 49.6 Å². The summed E-state index contributed by atoms with van der Waals surface area (Å²) in [5.41, 5.74) is 5.09. The molecule has 3 heterocycles. The predicted octanol–water partition coefficient (Wildman–Crippen LogP) is 7.76. The minimum Gasteiger partial charge on any atom is -0.465 e. The lowest BCUT2D eigenvalue weighted by molar-refractivity contribution is 0.0748. The summed E-state index contributed by atoms with van der Waals surface area (Å²) in [6, 6.07) is 23.9. The summed E-state index contributed by atoms with van der Waals surface area (Å²) in [6.45, 7) is 8.00. The quantitative estimate of drug-likeness (QED) is 0.179. The fraction of sp³-hybridized carbons (Fsp3) is 0.229. The number of hydrogen-bond donors (Lipinski definition) is 3. The van der Waals surface area contributed by atoms with E-state index in [2.05, 4.69) is 72.0 Å². The molecule has 1 saturated heterocycles. The number of fused-ring (bicyclic) bond motifs is 6. The number of pyridine rings is 1. The number of H-pyrrole nitrogens is 2. The molecule has 1 fully saturated rings. The lowest BCUT2D eigenvalue weighted by Crippen LogP contribution is -2.59. The first-order valence-electron chi connectivity index (χ1n) is 14.7. The van der Waals surface area contributed by atoms with Crippen LogP contribution in [0.1, 0.15) is 20.8 Å². The van der Waals surface area contributed by atoms with Crippen LogP contribution in [0.5, 0.6) is 0 Å². The average Bonchev–Trinajstić information content (AvgIpc) is 3.46. The van der Waals surface area contributed by atoms with Crippen molar-refractivity contribution in [3.63, 3.8) is 0 Å². The van der Waals surface area contributed by atoms with Crippen molar-refractivity contribution in [1.29, 1.82) is 0 Å². The van der Waals surface area contributed by atoms with E-state index in [0.29, 0.717) is 35.9 Å². The first-order chi connectivity index (χ1) is 21.1. The minimum atomic E-state index is -0.866. The lowest BCUT2D eigenvalue weighted by atomic mass is 9.84. The smallest absolute Gasteiger partial charge is 0.407 e. The average molecular weight is 606 g/mol. The Balaban J connectivity index is 1.29. The summed E-state index contributed by atoms with van der Waals surface area (Å²) in [5.74, 6) is 0.650. The van der Waals surface area contributed by atoms with Gasteiger partial charge in [0, 0.05) is 47.9 Å². The Hall–Kier alpha value is -4.82. The molecule has 222 valence electrons. The highest BCUT2D eigenvalue weighted by molar-refractivity contribution is 6.33. The van der Waals surface area contributed by atoms with Gasteiger partial charge in [0.15, 0.2) is 0 Å². The Morgan fingerprint density at radius 3 is 2.43 bits per heavy atom. The first kappa shape index (κ1) is 28.0. The fourth-order valence-electron chi connectivity index (χ4n) is 6.49. The lowest BCUT2D eigenvalue weighted by Gasteiger charge is -2.46. The number of benzene rings is 4. The second kappa shape index (κ2) is 10.4. The van der Waals surface area contributed by atoms with Crippen molar-refractivity contribution in [1.82, 2.24) is 19.9 Å². The molecule has 3 N–H and O–H groups in total. The third-order valence-electron chi connectivity index (χ3n) is 8.80. The van der Waals surface area contributed by atoms with E-state index in [9.17, 15) is 14.7 Å². The number of nitrogens with one attached hydrogen (secondary N) is 2. The topological polar surface area (TPSA) is 105 Å². The van der Waals surface area contributed by atoms with Gasteiger partial charge < -0.3 is 24.9 Å². The summed E-state index contributed by atoms with van der Waals surface area (Å²) in [5, 5.41) is 13.4. The van der Waals surface area contributed by atoms with Crippen LogP contribution in [0.15, 0.2) is 83.8 Å².